The zero-order valence-electron chi connectivity index (χ0n) is 17.8. The third kappa shape index (κ3) is 4.03. The number of carbonyl (C=O) groups is 1. The molecule has 1 amide bonds. The lowest BCUT2D eigenvalue weighted by molar-refractivity contribution is -0.136. The zero-order chi connectivity index (χ0) is 21.4. The number of hydrogen-bond acceptors (Lipinski definition) is 4. The third-order valence-electron chi connectivity index (χ3n) is 7.07. The van der Waals surface area contributed by atoms with Crippen molar-refractivity contribution in [3.8, 4) is 0 Å². The third-order valence-corrected chi connectivity index (χ3v) is 7.07. The van der Waals surface area contributed by atoms with Crippen molar-refractivity contribution in [3.63, 3.8) is 0 Å². The summed E-state index contributed by atoms with van der Waals surface area (Å²) in [5.74, 6) is 0.785. The molecule has 0 bridgehead atoms. The molecule has 2 aliphatic heterocycles. The van der Waals surface area contributed by atoms with E-state index in [1.165, 1.54) is 6.07 Å². The number of rotatable bonds is 4. The Morgan fingerprint density at radius 2 is 1.94 bits per heavy atom. The van der Waals surface area contributed by atoms with Crippen LogP contribution in [0.5, 0.6) is 0 Å². The second-order valence-electron chi connectivity index (χ2n) is 9.10. The summed E-state index contributed by atoms with van der Waals surface area (Å²) < 4.78 is 14.0. The topological polar surface area (TPSA) is 69.3 Å². The van der Waals surface area contributed by atoms with Crippen LogP contribution in [0.4, 0.5) is 4.39 Å². The molecule has 164 valence electrons. The number of nitrogens with zero attached hydrogens (tertiary/aromatic N) is 3. The predicted octanol–water partition coefficient (Wildman–Crippen LogP) is 3.32. The SMILES string of the molecule is O=C(C1CCCC1)N1CCC[C@@H]1c1nc2c(c(=O)[nH]1)CN(Cc1ccccc1F)CC2. The molecule has 0 unspecified atom stereocenters. The van der Waals surface area contributed by atoms with E-state index in [0.29, 0.717) is 36.5 Å². The maximum Gasteiger partial charge on any atom is 0.255 e. The number of fused-ring (bicyclic) bond motifs is 1. The van der Waals surface area contributed by atoms with E-state index in [0.717, 1.165) is 57.3 Å². The number of hydrogen-bond donors (Lipinski definition) is 1. The Hall–Kier alpha value is -2.54. The first-order chi connectivity index (χ1) is 15.1. The predicted molar refractivity (Wildman–Crippen MR) is 115 cm³/mol. The Kier molecular flexibility index (Phi) is 5.61. The molecule has 1 saturated carbocycles. The highest BCUT2D eigenvalue weighted by Gasteiger charge is 2.36. The molecule has 1 saturated heterocycles. The van der Waals surface area contributed by atoms with Crippen molar-refractivity contribution < 1.29 is 9.18 Å². The smallest absolute Gasteiger partial charge is 0.255 e. The Morgan fingerprint density at radius 3 is 2.74 bits per heavy atom. The summed E-state index contributed by atoms with van der Waals surface area (Å²) in [5, 5.41) is 0. The highest BCUT2D eigenvalue weighted by atomic mass is 19.1. The van der Waals surface area contributed by atoms with Gasteiger partial charge in [-0.2, -0.15) is 0 Å². The van der Waals surface area contributed by atoms with Crippen molar-refractivity contribution in [2.45, 2.75) is 64.1 Å². The van der Waals surface area contributed by atoms with Gasteiger partial charge in [-0.3, -0.25) is 14.5 Å². The lowest BCUT2D eigenvalue weighted by atomic mass is 10.0. The second-order valence-corrected chi connectivity index (χ2v) is 9.10. The highest BCUT2D eigenvalue weighted by Crippen LogP contribution is 2.35. The van der Waals surface area contributed by atoms with Crippen LogP contribution in [0.3, 0.4) is 0 Å². The Morgan fingerprint density at radius 1 is 1.13 bits per heavy atom. The molecule has 5 rings (SSSR count). The molecule has 1 N–H and O–H groups in total. The minimum atomic E-state index is -0.219. The number of aromatic nitrogens is 2. The van der Waals surface area contributed by atoms with E-state index in [-0.39, 0.29) is 29.2 Å². The van der Waals surface area contributed by atoms with Crippen LogP contribution in [-0.2, 0) is 24.3 Å². The summed E-state index contributed by atoms with van der Waals surface area (Å²) >= 11 is 0. The van der Waals surface area contributed by atoms with E-state index in [4.69, 9.17) is 4.98 Å². The van der Waals surface area contributed by atoms with Gasteiger partial charge in [0.1, 0.15) is 11.6 Å². The summed E-state index contributed by atoms with van der Waals surface area (Å²) in [6, 6.07) is 6.64. The van der Waals surface area contributed by atoms with Gasteiger partial charge in [-0.1, -0.05) is 31.0 Å². The molecule has 31 heavy (non-hydrogen) atoms. The first-order valence-corrected chi connectivity index (χ1v) is 11.5. The van der Waals surface area contributed by atoms with Crippen LogP contribution in [0.15, 0.2) is 29.1 Å². The van der Waals surface area contributed by atoms with Crippen LogP contribution in [0.2, 0.25) is 0 Å². The molecular weight excluding hydrogens is 395 g/mol. The molecule has 0 radical (unpaired) electrons. The number of nitrogens with one attached hydrogen (secondary N) is 1. The first-order valence-electron chi connectivity index (χ1n) is 11.5. The fourth-order valence-corrected chi connectivity index (χ4v) is 5.38. The summed E-state index contributed by atoms with van der Waals surface area (Å²) in [6.45, 7) is 2.41. The largest absolute Gasteiger partial charge is 0.332 e. The van der Waals surface area contributed by atoms with Crippen LogP contribution in [0, 0.1) is 11.7 Å². The van der Waals surface area contributed by atoms with Crippen LogP contribution in [0.1, 0.15) is 67.2 Å². The molecule has 3 aliphatic rings. The normalized spacial score (nSPS) is 22.1. The summed E-state index contributed by atoms with van der Waals surface area (Å²) in [6.07, 6.45) is 6.67. The summed E-state index contributed by atoms with van der Waals surface area (Å²) in [7, 11) is 0. The van der Waals surface area contributed by atoms with Crippen LogP contribution >= 0.6 is 0 Å². The van der Waals surface area contributed by atoms with E-state index in [1.807, 2.05) is 11.0 Å². The molecule has 2 fully saturated rings. The molecular formula is C24H29FN4O2. The maximum absolute atomic E-state index is 14.0. The van der Waals surface area contributed by atoms with Crippen LogP contribution in [0.25, 0.3) is 0 Å². The second kappa shape index (κ2) is 8.54. The zero-order valence-corrected chi connectivity index (χ0v) is 17.8. The Labute approximate surface area is 181 Å². The van der Waals surface area contributed by atoms with Gasteiger partial charge in [0.05, 0.1) is 17.3 Å². The number of amides is 1. The number of aromatic amines is 1. The molecule has 0 spiro atoms. The van der Waals surface area contributed by atoms with Gasteiger partial charge in [0.2, 0.25) is 5.91 Å². The van der Waals surface area contributed by atoms with Gasteiger partial charge < -0.3 is 9.88 Å². The molecule has 7 heteroatoms. The molecule has 3 heterocycles. The van der Waals surface area contributed by atoms with Gasteiger partial charge in [-0.05, 0) is 31.7 Å². The molecule has 1 aliphatic carbocycles. The van der Waals surface area contributed by atoms with Crippen molar-refractivity contribution in [1.29, 1.82) is 0 Å². The van der Waals surface area contributed by atoms with Crippen LogP contribution in [-0.4, -0.2) is 38.8 Å². The molecule has 1 atom stereocenters. The Balaban J connectivity index is 1.34. The van der Waals surface area contributed by atoms with Crippen molar-refractivity contribution in [1.82, 2.24) is 19.8 Å². The van der Waals surface area contributed by atoms with E-state index in [9.17, 15) is 14.0 Å². The highest BCUT2D eigenvalue weighted by molar-refractivity contribution is 5.79. The lowest BCUT2D eigenvalue weighted by Gasteiger charge is -2.30. The van der Waals surface area contributed by atoms with Crippen molar-refractivity contribution >= 4 is 5.91 Å². The van der Waals surface area contributed by atoms with Crippen molar-refractivity contribution in [2.75, 3.05) is 13.1 Å². The monoisotopic (exact) mass is 424 g/mol. The fourth-order valence-electron chi connectivity index (χ4n) is 5.38. The quantitative estimate of drug-likeness (QED) is 0.818. The standard InChI is InChI=1S/C24H29FN4O2/c25-19-9-4-3-8-17(19)14-28-13-11-20-18(15-28)23(30)27-22(26-20)21-10-5-12-29(21)24(31)16-6-1-2-7-16/h3-4,8-9,16,21H,1-2,5-7,10-15H2,(H,26,27,30)/t21-/m1/s1. The minimum Gasteiger partial charge on any atom is -0.332 e. The van der Waals surface area contributed by atoms with E-state index in [1.54, 1.807) is 12.1 Å². The number of H-pyrrole nitrogens is 1. The maximum atomic E-state index is 14.0. The van der Waals surface area contributed by atoms with Gasteiger partial charge in [0.25, 0.3) is 5.56 Å². The number of halogens is 1. The average Bonchev–Trinajstić information content (AvgIpc) is 3.48. The van der Waals surface area contributed by atoms with Gasteiger partial charge in [0, 0.05) is 44.1 Å². The number of carbonyl (C=O) groups excluding carboxylic acids is 1. The summed E-state index contributed by atoms with van der Waals surface area (Å²) in [4.78, 5) is 37.8. The van der Waals surface area contributed by atoms with Crippen molar-refractivity contribution in [2.24, 2.45) is 5.92 Å². The van der Waals surface area contributed by atoms with Gasteiger partial charge in [-0.15, -0.1) is 0 Å². The molecule has 2 aromatic rings. The fraction of sp³-hybridized carbons (Fsp3) is 0.542. The lowest BCUT2D eigenvalue weighted by Crippen LogP contribution is -2.39. The summed E-state index contributed by atoms with van der Waals surface area (Å²) in [5.41, 5.74) is 2.00. The van der Waals surface area contributed by atoms with Gasteiger partial charge >= 0.3 is 0 Å². The number of benzene rings is 1. The van der Waals surface area contributed by atoms with Gasteiger partial charge in [0.15, 0.2) is 0 Å². The molecule has 1 aromatic carbocycles. The van der Waals surface area contributed by atoms with E-state index < -0.39 is 0 Å². The molecule has 1 aromatic heterocycles. The van der Waals surface area contributed by atoms with Gasteiger partial charge in [-0.25, -0.2) is 9.37 Å². The van der Waals surface area contributed by atoms with Crippen LogP contribution < -0.4 is 5.56 Å². The van der Waals surface area contributed by atoms with E-state index >= 15 is 0 Å². The Bertz CT molecular complexity index is 1030. The minimum absolute atomic E-state index is 0.123. The number of likely N-dealkylation sites (tertiary alicyclic amines) is 1. The van der Waals surface area contributed by atoms with E-state index in [2.05, 4.69) is 9.88 Å². The van der Waals surface area contributed by atoms with Crippen molar-refractivity contribution in [3.05, 3.63) is 63.1 Å². The first kappa shape index (κ1) is 20.4. The molecule has 6 nitrogen and oxygen atoms in total. The average molecular weight is 425 g/mol.